The van der Waals surface area contributed by atoms with Crippen molar-refractivity contribution in [2.24, 2.45) is 0 Å². The molecule has 3 aromatic carbocycles. The summed E-state index contributed by atoms with van der Waals surface area (Å²) in [5.74, 6) is -1.55. The zero-order valence-corrected chi connectivity index (χ0v) is 17.8. The topological polar surface area (TPSA) is 110 Å². The van der Waals surface area contributed by atoms with E-state index in [2.05, 4.69) is 21.2 Å². The molecule has 0 saturated heterocycles. The third kappa shape index (κ3) is 3.69. The number of rotatable bonds is 4. The third-order valence-electron chi connectivity index (χ3n) is 4.66. The highest BCUT2D eigenvalue weighted by molar-refractivity contribution is 9.10. The van der Waals surface area contributed by atoms with Crippen LogP contribution in [0.2, 0.25) is 5.02 Å². The van der Waals surface area contributed by atoms with Gasteiger partial charge < -0.3 is 5.32 Å². The standard InChI is InChI=1S/C21H11BrClN3O5/c22-16-7-5-12(26(30)31)9-15(16)19(27)24-18-8-6-11(10-17(18)23)25-20(28)13-3-1-2-4-14(13)21(25)29/h1-10H,(H,24,27). The Morgan fingerprint density at radius 3 is 2.23 bits per heavy atom. The molecule has 0 atom stereocenters. The molecule has 0 bridgehead atoms. The molecule has 1 heterocycles. The van der Waals surface area contributed by atoms with Gasteiger partial charge in [0.15, 0.2) is 0 Å². The van der Waals surface area contributed by atoms with Crippen LogP contribution in [0.25, 0.3) is 0 Å². The van der Waals surface area contributed by atoms with Gasteiger partial charge in [0.25, 0.3) is 23.4 Å². The summed E-state index contributed by atoms with van der Waals surface area (Å²) in [4.78, 5) is 49.2. The molecule has 0 spiro atoms. The summed E-state index contributed by atoms with van der Waals surface area (Å²) in [6.07, 6.45) is 0. The van der Waals surface area contributed by atoms with Gasteiger partial charge >= 0.3 is 0 Å². The lowest BCUT2D eigenvalue weighted by molar-refractivity contribution is -0.384. The lowest BCUT2D eigenvalue weighted by Gasteiger charge is -2.16. The molecular weight excluding hydrogens is 490 g/mol. The second-order valence-electron chi connectivity index (χ2n) is 6.53. The second-order valence-corrected chi connectivity index (χ2v) is 7.79. The van der Waals surface area contributed by atoms with Gasteiger partial charge in [-0.25, -0.2) is 4.90 Å². The van der Waals surface area contributed by atoms with Gasteiger partial charge in [-0.15, -0.1) is 0 Å². The van der Waals surface area contributed by atoms with Gasteiger partial charge in [-0.2, -0.15) is 0 Å². The van der Waals surface area contributed by atoms with Crippen LogP contribution in [0.4, 0.5) is 17.1 Å². The van der Waals surface area contributed by atoms with Crippen molar-refractivity contribution in [2.45, 2.75) is 0 Å². The smallest absolute Gasteiger partial charge is 0.270 e. The molecule has 154 valence electrons. The first-order valence-corrected chi connectivity index (χ1v) is 9.97. The number of carbonyl (C=O) groups is 3. The Bertz CT molecular complexity index is 1260. The van der Waals surface area contributed by atoms with E-state index in [4.69, 9.17) is 11.6 Å². The van der Waals surface area contributed by atoms with E-state index >= 15 is 0 Å². The van der Waals surface area contributed by atoms with Crippen LogP contribution in [0.15, 0.2) is 65.1 Å². The Hall–Kier alpha value is -3.56. The van der Waals surface area contributed by atoms with Gasteiger partial charge in [0.1, 0.15) is 0 Å². The van der Waals surface area contributed by atoms with E-state index in [0.717, 1.165) is 11.0 Å². The van der Waals surface area contributed by atoms with Crippen molar-refractivity contribution in [3.63, 3.8) is 0 Å². The van der Waals surface area contributed by atoms with Gasteiger partial charge in [0, 0.05) is 16.6 Å². The van der Waals surface area contributed by atoms with E-state index in [1.807, 2.05) is 0 Å². The van der Waals surface area contributed by atoms with E-state index in [-0.39, 0.29) is 27.6 Å². The lowest BCUT2D eigenvalue weighted by Crippen LogP contribution is -2.29. The monoisotopic (exact) mass is 499 g/mol. The molecule has 0 saturated carbocycles. The van der Waals surface area contributed by atoms with Crippen molar-refractivity contribution in [3.05, 3.63) is 97.0 Å². The second kappa shape index (κ2) is 7.93. The van der Waals surface area contributed by atoms with Crippen molar-refractivity contribution >= 4 is 62.3 Å². The molecule has 0 aromatic heterocycles. The Labute approximate surface area is 188 Å². The van der Waals surface area contributed by atoms with Crippen LogP contribution in [-0.2, 0) is 0 Å². The minimum absolute atomic E-state index is 0.0506. The number of halogens is 2. The van der Waals surface area contributed by atoms with Gasteiger partial charge in [-0.3, -0.25) is 24.5 Å². The summed E-state index contributed by atoms with van der Waals surface area (Å²) in [5.41, 5.74) is 0.888. The number of hydrogen-bond acceptors (Lipinski definition) is 5. The average molecular weight is 501 g/mol. The molecule has 8 nitrogen and oxygen atoms in total. The lowest BCUT2D eigenvalue weighted by atomic mass is 10.1. The minimum atomic E-state index is -0.619. The van der Waals surface area contributed by atoms with Crippen LogP contribution < -0.4 is 10.2 Å². The van der Waals surface area contributed by atoms with E-state index in [0.29, 0.717) is 15.6 Å². The van der Waals surface area contributed by atoms with Crippen molar-refractivity contribution in [1.82, 2.24) is 0 Å². The number of nitrogens with one attached hydrogen (secondary N) is 1. The van der Waals surface area contributed by atoms with E-state index in [1.165, 1.54) is 30.3 Å². The number of fused-ring (bicyclic) bond motifs is 1. The predicted octanol–water partition coefficient (Wildman–Crippen LogP) is 5.06. The first kappa shape index (κ1) is 20.7. The molecule has 3 aromatic rings. The van der Waals surface area contributed by atoms with Crippen LogP contribution in [0.5, 0.6) is 0 Å². The fraction of sp³-hybridized carbons (Fsp3) is 0. The van der Waals surface area contributed by atoms with Gasteiger partial charge in [0.05, 0.1) is 38.0 Å². The molecule has 0 aliphatic carbocycles. The van der Waals surface area contributed by atoms with Crippen LogP contribution in [0, 0.1) is 10.1 Å². The average Bonchev–Trinajstić information content (AvgIpc) is 3.00. The molecular formula is C21H11BrClN3O5. The Morgan fingerprint density at radius 2 is 1.65 bits per heavy atom. The molecule has 31 heavy (non-hydrogen) atoms. The molecule has 0 fully saturated rings. The highest BCUT2D eigenvalue weighted by Crippen LogP contribution is 2.33. The maximum absolute atomic E-state index is 12.6. The summed E-state index contributed by atoms with van der Waals surface area (Å²) in [5, 5.41) is 13.6. The highest BCUT2D eigenvalue weighted by Gasteiger charge is 2.36. The molecule has 10 heteroatoms. The summed E-state index contributed by atoms with van der Waals surface area (Å²) >= 11 is 9.48. The molecule has 4 rings (SSSR count). The molecule has 1 aliphatic rings. The zero-order valence-electron chi connectivity index (χ0n) is 15.5. The SMILES string of the molecule is O=C(Nc1ccc(N2C(=O)c3ccccc3C2=O)cc1Cl)c1cc([N+](=O)[O-])ccc1Br. The molecule has 1 aliphatic heterocycles. The molecule has 3 amide bonds. The van der Waals surface area contributed by atoms with Gasteiger partial charge in [-0.05, 0) is 52.3 Å². The van der Waals surface area contributed by atoms with Crippen molar-refractivity contribution in [2.75, 3.05) is 10.2 Å². The van der Waals surface area contributed by atoms with Gasteiger partial charge in [-0.1, -0.05) is 23.7 Å². The number of nitro benzene ring substituents is 1. The van der Waals surface area contributed by atoms with Crippen LogP contribution in [0.3, 0.4) is 0 Å². The number of benzene rings is 3. The third-order valence-corrected chi connectivity index (χ3v) is 5.66. The summed E-state index contributed by atoms with van der Waals surface area (Å²) in [6, 6.07) is 14.6. The van der Waals surface area contributed by atoms with Crippen molar-refractivity contribution in [1.29, 1.82) is 0 Å². The normalized spacial score (nSPS) is 12.6. The number of nitrogens with zero attached hydrogens (tertiary/aromatic N) is 2. The zero-order chi connectivity index (χ0) is 22.3. The number of imide groups is 1. The minimum Gasteiger partial charge on any atom is -0.321 e. The summed E-state index contributed by atoms with van der Waals surface area (Å²) in [6.45, 7) is 0. The number of amides is 3. The Balaban J connectivity index is 1.60. The Morgan fingerprint density at radius 1 is 1.00 bits per heavy atom. The van der Waals surface area contributed by atoms with Crippen LogP contribution in [0.1, 0.15) is 31.1 Å². The molecule has 1 N–H and O–H groups in total. The molecule has 0 unspecified atom stereocenters. The number of nitro groups is 1. The fourth-order valence-electron chi connectivity index (χ4n) is 3.16. The number of non-ortho nitro benzene ring substituents is 1. The van der Waals surface area contributed by atoms with E-state index in [9.17, 15) is 24.5 Å². The van der Waals surface area contributed by atoms with Crippen molar-refractivity contribution < 1.29 is 19.3 Å². The maximum Gasteiger partial charge on any atom is 0.270 e. The molecule has 0 radical (unpaired) electrons. The maximum atomic E-state index is 12.6. The Kier molecular flexibility index (Phi) is 5.30. The number of carbonyl (C=O) groups excluding carboxylic acids is 3. The van der Waals surface area contributed by atoms with Crippen molar-refractivity contribution in [3.8, 4) is 0 Å². The largest absolute Gasteiger partial charge is 0.321 e. The van der Waals surface area contributed by atoms with E-state index in [1.54, 1.807) is 24.3 Å². The quantitative estimate of drug-likeness (QED) is 0.306. The van der Waals surface area contributed by atoms with E-state index < -0.39 is 22.6 Å². The highest BCUT2D eigenvalue weighted by atomic mass is 79.9. The number of hydrogen-bond donors (Lipinski definition) is 1. The van der Waals surface area contributed by atoms with Crippen LogP contribution >= 0.6 is 27.5 Å². The fourth-order valence-corrected chi connectivity index (χ4v) is 3.81. The first-order chi connectivity index (χ1) is 14.8. The number of anilines is 2. The first-order valence-electron chi connectivity index (χ1n) is 8.80. The predicted molar refractivity (Wildman–Crippen MR) is 118 cm³/mol. The summed E-state index contributed by atoms with van der Waals surface area (Å²) in [7, 11) is 0. The van der Waals surface area contributed by atoms with Crippen LogP contribution in [-0.4, -0.2) is 22.6 Å². The summed E-state index contributed by atoms with van der Waals surface area (Å²) < 4.78 is 0.370. The van der Waals surface area contributed by atoms with Gasteiger partial charge in [0.2, 0.25) is 0 Å².